The van der Waals surface area contributed by atoms with Gasteiger partial charge in [-0.1, -0.05) is 18.2 Å². The molecule has 98 valence electrons. The predicted molar refractivity (Wildman–Crippen MR) is 68.4 cm³/mol. The quantitative estimate of drug-likeness (QED) is 0.859. The molecule has 1 unspecified atom stereocenters. The molecule has 1 aromatic carbocycles. The Hall–Kier alpha value is -1.39. The van der Waals surface area contributed by atoms with Gasteiger partial charge in [0.25, 0.3) is 5.91 Å². The van der Waals surface area contributed by atoms with Crippen molar-refractivity contribution in [1.82, 2.24) is 4.90 Å². The molecule has 0 aliphatic carbocycles. The van der Waals surface area contributed by atoms with Crippen LogP contribution in [-0.4, -0.2) is 47.3 Å². The van der Waals surface area contributed by atoms with Crippen molar-refractivity contribution in [3.8, 4) is 0 Å². The normalized spacial score (nSPS) is 22.8. The summed E-state index contributed by atoms with van der Waals surface area (Å²) in [7, 11) is 0. The Morgan fingerprint density at radius 2 is 2.11 bits per heavy atom. The van der Waals surface area contributed by atoms with Gasteiger partial charge in [0.05, 0.1) is 18.3 Å². The van der Waals surface area contributed by atoms with Gasteiger partial charge in [-0.05, 0) is 26.0 Å². The van der Waals surface area contributed by atoms with Crippen LogP contribution in [0.2, 0.25) is 0 Å². The van der Waals surface area contributed by atoms with Crippen LogP contribution in [0, 0.1) is 0 Å². The third-order valence-electron chi connectivity index (χ3n) is 2.99. The van der Waals surface area contributed by atoms with E-state index in [9.17, 15) is 9.90 Å². The Morgan fingerprint density at radius 1 is 1.44 bits per heavy atom. The van der Waals surface area contributed by atoms with E-state index < -0.39 is 5.60 Å². The van der Waals surface area contributed by atoms with E-state index in [1.165, 1.54) is 0 Å². The first kappa shape index (κ1) is 13.1. The van der Waals surface area contributed by atoms with Crippen LogP contribution in [0.5, 0.6) is 0 Å². The maximum Gasteiger partial charge on any atom is 0.254 e. The second-order valence-corrected chi connectivity index (χ2v) is 5.23. The maximum absolute atomic E-state index is 12.3. The number of aliphatic hydroxyl groups excluding tert-OH is 1. The Balaban J connectivity index is 2.15. The Bertz CT molecular complexity index is 416. The maximum atomic E-state index is 12.3. The molecule has 18 heavy (non-hydrogen) atoms. The van der Waals surface area contributed by atoms with Crippen molar-refractivity contribution in [2.75, 3.05) is 19.7 Å². The molecule has 4 heteroatoms. The molecule has 1 aliphatic heterocycles. The van der Waals surface area contributed by atoms with Gasteiger partial charge in [-0.15, -0.1) is 0 Å². The number of amides is 1. The van der Waals surface area contributed by atoms with Crippen LogP contribution < -0.4 is 0 Å². The summed E-state index contributed by atoms with van der Waals surface area (Å²) >= 11 is 0. The van der Waals surface area contributed by atoms with Crippen molar-refractivity contribution in [2.24, 2.45) is 0 Å². The van der Waals surface area contributed by atoms with E-state index >= 15 is 0 Å². The summed E-state index contributed by atoms with van der Waals surface area (Å²) in [6.45, 7) is 4.77. The van der Waals surface area contributed by atoms with Gasteiger partial charge in [0.1, 0.15) is 0 Å². The molecule has 2 rings (SSSR count). The van der Waals surface area contributed by atoms with Gasteiger partial charge in [-0.3, -0.25) is 4.79 Å². The molecule has 1 aliphatic rings. The van der Waals surface area contributed by atoms with Gasteiger partial charge in [0.2, 0.25) is 0 Å². The lowest BCUT2D eigenvalue weighted by molar-refractivity contribution is -0.139. The largest absolute Gasteiger partial charge is 0.394 e. The number of aliphatic hydroxyl groups is 1. The van der Waals surface area contributed by atoms with Gasteiger partial charge in [0, 0.05) is 18.7 Å². The fourth-order valence-electron chi connectivity index (χ4n) is 2.31. The van der Waals surface area contributed by atoms with Crippen molar-refractivity contribution in [2.45, 2.75) is 25.6 Å². The molecular weight excluding hydrogens is 230 g/mol. The van der Waals surface area contributed by atoms with Crippen LogP contribution in [-0.2, 0) is 4.74 Å². The summed E-state index contributed by atoms with van der Waals surface area (Å²) in [5.41, 5.74) is 0.252. The number of benzene rings is 1. The van der Waals surface area contributed by atoms with Gasteiger partial charge in [0.15, 0.2) is 0 Å². The average Bonchev–Trinajstić information content (AvgIpc) is 2.37. The van der Waals surface area contributed by atoms with Crippen molar-refractivity contribution >= 4 is 5.91 Å². The van der Waals surface area contributed by atoms with E-state index in [4.69, 9.17) is 4.74 Å². The Kier molecular flexibility index (Phi) is 3.68. The first-order valence-corrected chi connectivity index (χ1v) is 6.15. The summed E-state index contributed by atoms with van der Waals surface area (Å²) < 4.78 is 5.70. The van der Waals surface area contributed by atoms with E-state index in [1.807, 2.05) is 32.0 Å². The van der Waals surface area contributed by atoms with Crippen LogP contribution in [0.3, 0.4) is 0 Å². The minimum absolute atomic E-state index is 0.00887. The summed E-state index contributed by atoms with van der Waals surface area (Å²) in [5, 5.41) is 9.23. The number of ether oxygens (including phenoxy) is 1. The molecule has 1 fully saturated rings. The number of carbonyl (C=O) groups is 1. The van der Waals surface area contributed by atoms with E-state index in [1.54, 1.807) is 17.0 Å². The highest BCUT2D eigenvalue weighted by molar-refractivity contribution is 5.94. The molecule has 4 nitrogen and oxygen atoms in total. The van der Waals surface area contributed by atoms with E-state index in [0.717, 1.165) is 0 Å². The lowest BCUT2D eigenvalue weighted by Gasteiger charge is -2.42. The predicted octanol–water partition coefficient (Wildman–Crippen LogP) is 1.30. The monoisotopic (exact) mass is 249 g/mol. The third kappa shape index (κ3) is 2.89. The first-order valence-electron chi connectivity index (χ1n) is 6.15. The zero-order chi connectivity index (χ0) is 13.2. The molecule has 0 radical (unpaired) electrons. The van der Waals surface area contributed by atoms with E-state index in [-0.39, 0.29) is 18.6 Å². The van der Waals surface area contributed by atoms with Crippen molar-refractivity contribution in [3.63, 3.8) is 0 Å². The molecule has 1 heterocycles. The van der Waals surface area contributed by atoms with Crippen molar-refractivity contribution in [3.05, 3.63) is 35.9 Å². The van der Waals surface area contributed by atoms with E-state index in [0.29, 0.717) is 18.7 Å². The molecule has 0 aromatic heterocycles. The van der Waals surface area contributed by atoms with Crippen LogP contribution in [0.25, 0.3) is 0 Å². The van der Waals surface area contributed by atoms with Crippen molar-refractivity contribution in [1.29, 1.82) is 0 Å². The minimum Gasteiger partial charge on any atom is -0.394 e. The molecular formula is C14H19NO3. The topological polar surface area (TPSA) is 49.8 Å². The average molecular weight is 249 g/mol. The molecule has 0 spiro atoms. The van der Waals surface area contributed by atoms with Gasteiger partial charge in [-0.2, -0.15) is 0 Å². The smallest absolute Gasteiger partial charge is 0.254 e. The number of hydrogen-bond acceptors (Lipinski definition) is 3. The zero-order valence-electron chi connectivity index (χ0n) is 10.8. The van der Waals surface area contributed by atoms with Crippen molar-refractivity contribution < 1.29 is 14.6 Å². The Morgan fingerprint density at radius 3 is 2.72 bits per heavy atom. The zero-order valence-corrected chi connectivity index (χ0v) is 10.8. The molecule has 0 bridgehead atoms. The minimum atomic E-state index is -0.421. The molecule has 1 amide bonds. The standard InChI is InChI=1S/C14H19NO3/c1-14(2)10-15(8-12(9-16)18-14)13(17)11-6-4-3-5-7-11/h3-7,12,16H,8-10H2,1-2H3. The Labute approximate surface area is 107 Å². The SMILES string of the molecule is CC1(C)CN(C(=O)c2ccccc2)CC(CO)O1. The lowest BCUT2D eigenvalue weighted by atomic mass is 10.0. The van der Waals surface area contributed by atoms with Crippen LogP contribution in [0.4, 0.5) is 0 Å². The molecule has 1 N–H and O–H groups in total. The van der Waals surface area contributed by atoms with Crippen LogP contribution in [0.15, 0.2) is 30.3 Å². The molecule has 1 atom stereocenters. The van der Waals surface area contributed by atoms with Crippen LogP contribution >= 0.6 is 0 Å². The fraction of sp³-hybridized carbons (Fsp3) is 0.500. The summed E-state index contributed by atoms with van der Waals surface area (Å²) in [6.07, 6.45) is -0.304. The number of morpholine rings is 1. The first-order chi connectivity index (χ1) is 8.52. The van der Waals surface area contributed by atoms with Gasteiger partial charge in [-0.25, -0.2) is 0 Å². The lowest BCUT2D eigenvalue weighted by Crippen LogP contribution is -2.55. The number of rotatable bonds is 2. The van der Waals surface area contributed by atoms with Gasteiger partial charge < -0.3 is 14.7 Å². The summed E-state index contributed by atoms with van der Waals surface area (Å²) in [4.78, 5) is 14.1. The molecule has 1 saturated heterocycles. The number of carbonyl (C=O) groups excluding carboxylic acids is 1. The third-order valence-corrected chi connectivity index (χ3v) is 2.99. The highest BCUT2D eigenvalue weighted by Crippen LogP contribution is 2.22. The fourth-order valence-corrected chi connectivity index (χ4v) is 2.31. The number of nitrogens with zero attached hydrogens (tertiary/aromatic N) is 1. The highest BCUT2D eigenvalue weighted by Gasteiger charge is 2.35. The molecule has 1 aromatic rings. The summed E-state index contributed by atoms with van der Waals surface area (Å²) in [6, 6.07) is 9.19. The summed E-state index contributed by atoms with van der Waals surface area (Å²) in [5.74, 6) is -0.00887. The second-order valence-electron chi connectivity index (χ2n) is 5.23. The molecule has 0 saturated carbocycles. The van der Waals surface area contributed by atoms with Crippen LogP contribution in [0.1, 0.15) is 24.2 Å². The highest BCUT2D eigenvalue weighted by atomic mass is 16.5. The number of hydrogen-bond donors (Lipinski definition) is 1. The van der Waals surface area contributed by atoms with Gasteiger partial charge >= 0.3 is 0 Å². The second kappa shape index (κ2) is 5.08. The van der Waals surface area contributed by atoms with E-state index in [2.05, 4.69) is 0 Å².